The van der Waals surface area contributed by atoms with Gasteiger partial charge in [0.2, 0.25) is 0 Å². The first-order chi connectivity index (χ1) is 15.5. The maximum Gasteiger partial charge on any atom is 0.262 e. The Morgan fingerprint density at radius 1 is 1.19 bits per heavy atom. The third-order valence-electron chi connectivity index (χ3n) is 4.53. The summed E-state index contributed by atoms with van der Waals surface area (Å²) in [7, 11) is 0. The van der Waals surface area contributed by atoms with Gasteiger partial charge >= 0.3 is 0 Å². The molecular formula is C24H16ClFN4O2. The number of hydrogen-bond acceptors (Lipinski definition) is 4. The lowest BCUT2D eigenvalue weighted by Gasteiger charge is -2.08. The Morgan fingerprint density at radius 3 is 2.69 bits per heavy atom. The first kappa shape index (κ1) is 21.1. The van der Waals surface area contributed by atoms with E-state index in [9.17, 15) is 14.4 Å². The summed E-state index contributed by atoms with van der Waals surface area (Å²) < 4.78 is 18.7. The number of nitrogens with zero attached hydrogens (tertiary/aromatic N) is 2. The molecule has 0 saturated heterocycles. The predicted molar refractivity (Wildman–Crippen MR) is 122 cm³/mol. The van der Waals surface area contributed by atoms with Crippen molar-refractivity contribution in [3.05, 3.63) is 89.0 Å². The molecular weight excluding hydrogens is 431 g/mol. The SMILES string of the molecule is N#C/C(=C\c1ccc(OCC(=O)Nc2ccc(F)c(Cl)c2)cc1)c1nc2ccccc2[nH]1. The number of imidazole rings is 1. The van der Waals surface area contributed by atoms with Crippen LogP contribution in [0.3, 0.4) is 0 Å². The number of aromatic nitrogens is 2. The van der Waals surface area contributed by atoms with Crippen LogP contribution in [0.15, 0.2) is 66.7 Å². The minimum Gasteiger partial charge on any atom is -0.484 e. The van der Waals surface area contributed by atoms with Crippen LogP contribution in [0, 0.1) is 17.1 Å². The smallest absolute Gasteiger partial charge is 0.262 e. The number of nitriles is 1. The third-order valence-corrected chi connectivity index (χ3v) is 4.82. The quantitative estimate of drug-likeness (QED) is 0.386. The molecule has 3 aromatic carbocycles. The summed E-state index contributed by atoms with van der Waals surface area (Å²) in [4.78, 5) is 19.6. The van der Waals surface area contributed by atoms with E-state index in [1.165, 1.54) is 18.2 Å². The summed E-state index contributed by atoms with van der Waals surface area (Å²) in [5.74, 6) is 0.00603. The molecule has 4 aromatic rings. The lowest BCUT2D eigenvalue weighted by molar-refractivity contribution is -0.118. The lowest BCUT2D eigenvalue weighted by Crippen LogP contribution is -2.20. The molecule has 32 heavy (non-hydrogen) atoms. The number of anilines is 1. The number of rotatable bonds is 6. The Labute approximate surface area is 187 Å². The highest BCUT2D eigenvalue weighted by Gasteiger charge is 2.09. The molecule has 0 fully saturated rings. The van der Waals surface area contributed by atoms with Crippen molar-refractivity contribution in [3.63, 3.8) is 0 Å². The number of H-pyrrole nitrogens is 1. The molecule has 1 aromatic heterocycles. The molecule has 0 atom stereocenters. The van der Waals surface area contributed by atoms with Crippen LogP contribution in [0.1, 0.15) is 11.4 Å². The minimum atomic E-state index is -0.560. The average Bonchev–Trinajstić information content (AvgIpc) is 3.23. The Morgan fingerprint density at radius 2 is 1.97 bits per heavy atom. The van der Waals surface area contributed by atoms with E-state index in [0.29, 0.717) is 22.8 Å². The van der Waals surface area contributed by atoms with Crippen LogP contribution in [-0.4, -0.2) is 22.5 Å². The number of fused-ring (bicyclic) bond motifs is 1. The van der Waals surface area contributed by atoms with Gasteiger partial charge in [0.1, 0.15) is 23.5 Å². The Balaban J connectivity index is 1.39. The van der Waals surface area contributed by atoms with E-state index in [1.54, 1.807) is 30.3 Å². The van der Waals surface area contributed by atoms with E-state index in [0.717, 1.165) is 16.6 Å². The second kappa shape index (κ2) is 9.33. The average molecular weight is 447 g/mol. The van der Waals surface area contributed by atoms with Crippen molar-refractivity contribution in [3.8, 4) is 11.8 Å². The summed E-state index contributed by atoms with van der Waals surface area (Å²) in [5.41, 5.74) is 3.19. The van der Waals surface area contributed by atoms with Crippen LogP contribution in [0.5, 0.6) is 5.75 Å². The standard InChI is InChI=1S/C24H16ClFN4O2/c25-19-12-17(7-10-20(19)26)28-23(31)14-32-18-8-5-15(6-9-18)11-16(13-27)24-29-21-3-1-2-4-22(21)30-24/h1-12H,14H2,(H,28,31)(H,29,30)/b16-11+. The maximum absolute atomic E-state index is 13.2. The normalized spacial score (nSPS) is 11.2. The minimum absolute atomic E-state index is 0.0771. The van der Waals surface area contributed by atoms with Gasteiger partial charge < -0.3 is 15.0 Å². The fraction of sp³-hybridized carbons (Fsp3) is 0.0417. The summed E-state index contributed by atoms with van der Waals surface area (Å²) in [6.45, 7) is -0.230. The summed E-state index contributed by atoms with van der Waals surface area (Å²) >= 11 is 5.70. The monoisotopic (exact) mass is 446 g/mol. The Bertz CT molecular complexity index is 1320. The van der Waals surface area contributed by atoms with E-state index >= 15 is 0 Å². The predicted octanol–water partition coefficient (Wildman–Crippen LogP) is 5.44. The van der Waals surface area contributed by atoms with Gasteiger partial charge in [0, 0.05) is 5.69 Å². The second-order valence-electron chi connectivity index (χ2n) is 6.81. The number of ether oxygens (including phenoxy) is 1. The third kappa shape index (κ3) is 4.94. The van der Waals surface area contributed by atoms with Crippen molar-refractivity contribution in [2.24, 2.45) is 0 Å². The fourth-order valence-corrected chi connectivity index (χ4v) is 3.16. The first-order valence-corrected chi connectivity index (χ1v) is 9.94. The van der Waals surface area contributed by atoms with Gasteiger partial charge in [-0.2, -0.15) is 5.26 Å². The summed E-state index contributed by atoms with van der Waals surface area (Å²) in [5, 5.41) is 12.0. The van der Waals surface area contributed by atoms with Crippen molar-refractivity contribution in [1.82, 2.24) is 9.97 Å². The molecule has 4 rings (SSSR count). The zero-order valence-corrected chi connectivity index (χ0v) is 17.4. The number of hydrogen-bond donors (Lipinski definition) is 2. The number of carbonyl (C=O) groups is 1. The number of allylic oxidation sites excluding steroid dienone is 1. The molecule has 0 bridgehead atoms. The second-order valence-corrected chi connectivity index (χ2v) is 7.21. The molecule has 0 radical (unpaired) electrons. The van der Waals surface area contributed by atoms with Crippen molar-refractivity contribution >= 4 is 45.9 Å². The highest BCUT2D eigenvalue weighted by atomic mass is 35.5. The van der Waals surface area contributed by atoms with Gasteiger partial charge in [0.15, 0.2) is 6.61 Å². The van der Waals surface area contributed by atoms with Gasteiger partial charge in [-0.25, -0.2) is 9.37 Å². The molecule has 0 spiro atoms. The number of nitrogens with one attached hydrogen (secondary N) is 2. The zero-order valence-electron chi connectivity index (χ0n) is 16.6. The number of aromatic amines is 1. The molecule has 6 nitrogen and oxygen atoms in total. The molecule has 1 heterocycles. The molecule has 0 aliphatic rings. The van der Waals surface area contributed by atoms with Gasteiger partial charge in [-0.05, 0) is 54.1 Å². The van der Waals surface area contributed by atoms with Crippen LogP contribution >= 0.6 is 11.6 Å². The number of para-hydroxylation sites is 2. The van der Waals surface area contributed by atoms with Gasteiger partial charge in [0.25, 0.3) is 5.91 Å². The topological polar surface area (TPSA) is 90.8 Å². The molecule has 0 aliphatic heterocycles. The van der Waals surface area contributed by atoms with Gasteiger partial charge in [0.05, 0.1) is 21.6 Å². The Hall–Kier alpha value is -4.15. The highest BCUT2D eigenvalue weighted by molar-refractivity contribution is 6.31. The van der Waals surface area contributed by atoms with Crippen molar-refractivity contribution in [2.45, 2.75) is 0 Å². The van der Waals surface area contributed by atoms with Crippen molar-refractivity contribution in [2.75, 3.05) is 11.9 Å². The molecule has 0 saturated carbocycles. The van der Waals surface area contributed by atoms with Crippen LogP contribution < -0.4 is 10.1 Å². The van der Waals surface area contributed by atoms with E-state index in [-0.39, 0.29) is 11.6 Å². The van der Waals surface area contributed by atoms with Crippen LogP contribution in [0.2, 0.25) is 5.02 Å². The van der Waals surface area contributed by atoms with E-state index in [1.807, 2.05) is 24.3 Å². The van der Waals surface area contributed by atoms with Gasteiger partial charge in [-0.15, -0.1) is 0 Å². The van der Waals surface area contributed by atoms with E-state index < -0.39 is 11.7 Å². The summed E-state index contributed by atoms with van der Waals surface area (Å²) in [6, 6.07) is 20.6. The fourth-order valence-electron chi connectivity index (χ4n) is 2.98. The number of benzene rings is 3. The molecule has 158 valence electrons. The molecule has 8 heteroatoms. The van der Waals surface area contributed by atoms with E-state index in [2.05, 4.69) is 21.4 Å². The Kier molecular flexibility index (Phi) is 6.15. The molecule has 1 amide bonds. The molecule has 0 unspecified atom stereocenters. The molecule has 2 N–H and O–H groups in total. The number of amides is 1. The zero-order chi connectivity index (χ0) is 22.5. The largest absolute Gasteiger partial charge is 0.484 e. The van der Waals surface area contributed by atoms with Crippen molar-refractivity contribution < 1.29 is 13.9 Å². The lowest BCUT2D eigenvalue weighted by atomic mass is 10.1. The van der Waals surface area contributed by atoms with Crippen LogP contribution in [0.4, 0.5) is 10.1 Å². The first-order valence-electron chi connectivity index (χ1n) is 9.56. The maximum atomic E-state index is 13.2. The van der Waals surface area contributed by atoms with Crippen molar-refractivity contribution in [1.29, 1.82) is 5.26 Å². The highest BCUT2D eigenvalue weighted by Crippen LogP contribution is 2.21. The number of carbonyl (C=O) groups excluding carboxylic acids is 1. The van der Waals surface area contributed by atoms with Crippen LogP contribution in [-0.2, 0) is 4.79 Å². The van der Waals surface area contributed by atoms with Gasteiger partial charge in [-0.3, -0.25) is 4.79 Å². The number of halogens is 2. The van der Waals surface area contributed by atoms with Gasteiger partial charge in [-0.1, -0.05) is 35.9 Å². The summed E-state index contributed by atoms with van der Waals surface area (Å²) in [6.07, 6.45) is 1.71. The van der Waals surface area contributed by atoms with E-state index in [4.69, 9.17) is 16.3 Å². The van der Waals surface area contributed by atoms with Crippen LogP contribution in [0.25, 0.3) is 22.7 Å². The molecule has 0 aliphatic carbocycles.